The van der Waals surface area contributed by atoms with Crippen LogP contribution in [0.4, 0.5) is 5.69 Å². The number of para-hydroxylation sites is 2. The molecule has 220 valence electrons. The number of anilines is 1. The van der Waals surface area contributed by atoms with Gasteiger partial charge in [0.15, 0.2) is 0 Å². The van der Waals surface area contributed by atoms with Gasteiger partial charge < -0.3 is 15.1 Å². The van der Waals surface area contributed by atoms with Crippen LogP contribution in [0, 0.1) is 6.92 Å². The summed E-state index contributed by atoms with van der Waals surface area (Å²) in [5.41, 5.74) is 2.60. The number of aryl methyl sites for hydroxylation is 1. The highest BCUT2D eigenvalue weighted by molar-refractivity contribution is 7.93. The number of nitrogens with zero attached hydrogens (tertiary/aromatic N) is 3. The number of amides is 1. The summed E-state index contributed by atoms with van der Waals surface area (Å²) in [6.45, 7) is 1.83. The summed E-state index contributed by atoms with van der Waals surface area (Å²) in [5, 5.41) is 20.5. The lowest BCUT2D eigenvalue weighted by molar-refractivity contribution is -0.144. The summed E-state index contributed by atoms with van der Waals surface area (Å²) < 4.78 is 29.7. The first-order valence-corrected chi connectivity index (χ1v) is 14.9. The van der Waals surface area contributed by atoms with Crippen LogP contribution in [-0.4, -0.2) is 40.2 Å². The molecule has 10 nitrogen and oxygen atoms in total. The van der Waals surface area contributed by atoms with Crippen molar-refractivity contribution in [2.45, 2.75) is 18.2 Å². The van der Waals surface area contributed by atoms with Gasteiger partial charge in [0.05, 0.1) is 33.6 Å². The first-order valence-electron chi connectivity index (χ1n) is 13.5. The van der Waals surface area contributed by atoms with Crippen LogP contribution in [0.3, 0.4) is 0 Å². The molecule has 0 aliphatic carbocycles. The molecule has 0 bridgehead atoms. The minimum Gasteiger partial charge on any atom is -0.492 e. The molecule has 2 heterocycles. The molecule has 0 aliphatic rings. The molecule has 0 fully saturated rings. The zero-order valence-corrected chi connectivity index (χ0v) is 24.1. The zero-order chi connectivity index (χ0) is 31.0. The van der Waals surface area contributed by atoms with Crippen LogP contribution in [0.2, 0.25) is 0 Å². The number of hydrogen-bond acceptors (Lipinski definition) is 8. The Morgan fingerprint density at radius 1 is 0.773 bits per heavy atom. The zero-order valence-electron chi connectivity index (χ0n) is 23.3. The van der Waals surface area contributed by atoms with Crippen molar-refractivity contribution in [3.8, 4) is 11.8 Å². The lowest BCUT2D eigenvalue weighted by atomic mass is 10.0. The first kappa shape index (κ1) is 28.4. The second-order valence-electron chi connectivity index (χ2n) is 10.1. The average Bonchev–Trinajstić information content (AvgIpc) is 3.32. The minimum absolute atomic E-state index is 0.0540. The smallest absolute Gasteiger partial charge is 0.337 e. The summed E-state index contributed by atoms with van der Waals surface area (Å²) in [6.07, 6.45) is -0.268. The number of pyridine rings is 1. The maximum atomic E-state index is 14.6. The third kappa shape index (κ3) is 5.20. The molecule has 0 saturated heterocycles. The van der Waals surface area contributed by atoms with Crippen molar-refractivity contribution in [3.05, 3.63) is 126 Å². The van der Waals surface area contributed by atoms with Crippen LogP contribution in [0.15, 0.2) is 114 Å². The largest absolute Gasteiger partial charge is 0.492 e. The van der Waals surface area contributed by atoms with E-state index in [9.17, 15) is 28.2 Å². The summed E-state index contributed by atoms with van der Waals surface area (Å²) in [7, 11) is -4.42. The van der Waals surface area contributed by atoms with Crippen LogP contribution in [0.1, 0.15) is 21.5 Å². The molecule has 2 aromatic heterocycles. The molecule has 6 aromatic rings. The fourth-order valence-corrected chi connectivity index (χ4v) is 6.30. The van der Waals surface area contributed by atoms with Crippen molar-refractivity contribution in [1.82, 2.24) is 9.71 Å². The van der Waals surface area contributed by atoms with E-state index >= 15 is 0 Å². The number of benzene rings is 4. The van der Waals surface area contributed by atoms with E-state index in [4.69, 9.17) is 4.84 Å². The molecule has 6 rings (SSSR count). The van der Waals surface area contributed by atoms with Gasteiger partial charge in [-0.3, -0.25) is 4.79 Å². The van der Waals surface area contributed by atoms with Gasteiger partial charge in [0.2, 0.25) is 11.8 Å². The number of sulfonamides is 1. The molecule has 0 atom stereocenters. The van der Waals surface area contributed by atoms with Crippen molar-refractivity contribution in [2.75, 3.05) is 4.31 Å². The molecule has 4 aromatic carbocycles. The molecule has 0 aliphatic heterocycles. The van der Waals surface area contributed by atoms with Crippen LogP contribution >= 0.6 is 0 Å². The van der Waals surface area contributed by atoms with Crippen molar-refractivity contribution >= 4 is 49.4 Å². The first-order chi connectivity index (χ1) is 21.1. The van der Waals surface area contributed by atoms with Gasteiger partial charge in [-0.15, -0.1) is 4.73 Å². The molecule has 44 heavy (non-hydrogen) atoms. The Morgan fingerprint density at radius 3 is 1.89 bits per heavy atom. The third-order valence-electron chi connectivity index (χ3n) is 7.06. The molecule has 0 unspecified atom stereocenters. The van der Waals surface area contributed by atoms with E-state index in [2.05, 4.69) is 4.98 Å². The predicted molar refractivity (Wildman–Crippen MR) is 164 cm³/mol. The maximum absolute atomic E-state index is 14.6. The van der Waals surface area contributed by atoms with E-state index < -0.39 is 33.7 Å². The highest BCUT2D eigenvalue weighted by Crippen LogP contribution is 2.32. The second-order valence-corrected chi connectivity index (χ2v) is 11.8. The number of carbonyl (C=O) groups excluding carboxylic acids is 2. The number of aromatic nitrogens is 2. The fourth-order valence-electron chi connectivity index (χ4n) is 4.90. The van der Waals surface area contributed by atoms with E-state index in [1.165, 1.54) is 36.4 Å². The summed E-state index contributed by atoms with van der Waals surface area (Å²) in [5.74, 6) is -2.49. The predicted octanol–water partition coefficient (Wildman–Crippen LogP) is 5.14. The Morgan fingerprint density at radius 2 is 1.32 bits per heavy atom. The Labute approximate surface area is 252 Å². The van der Waals surface area contributed by atoms with Crippen molar-refractivity contribution in [3.63, 3.8) is 0 Å². The molecule has 0 spiro atoms. The highest BCUT2D eigenvalue weighted by Gasteiger charge is 2.34. The Hall–Kier alpha value is -5.68. The van der Waals surface area contributed by atoms with Crippen LogP contribution in [0.5, 0.6) is 11.8 Å². The Bertz CT molecular complexity index is 2080. The molecule has 11 heteroatoms. The second kappa shape index (κ2) is 11.2. The normalized spacial score (nSPS) is 11.5. The van der Waals surface area contributed by atoms with Gasteiger partial charge in [-0.05, 0) is 48.9 Å². The summed E-state index contributed by atoms with van der Waals surface area (Å²) in [6, 6.07) is 28.5. The molecule has 1 amide bonds. The van der Waals surface area contributed by atoms with Crippen molar-refractivity contribution in [2.24, 2.45) is 0 Å². The molecular formula is C33H25N3O7S. The van der Waals surface area contributed by atoms with Crippen molar-refractivity contribution < 1.29 is 33.1 Å². The SMILES string of the molecule is Cc1ccc(S(=O)(=O)N(C(=O)c2c3ccccc3nc3ccccc23)c2ccc(CC(=O)On3c(O)ccc3O)cc2)cc1. The lowest BCUT2D eigenvalue weighted by Gasteiger charge is -2.24. The summed E-state index contributed by atoms with van der Waals surface area (Å²) >= 11 is 0. The van der Waals surface area contributed by atoms with E-state index in [0.29, 0.717) is 32.1 Å². The monoisotopic (exact) mass is 607 g/mol. The number of fused-ring (bicyclic) bond motifs is 2. The average molecular weight is 608 g/mol. The molecule has 0 radical (unpaired) electrons. The lowest BCUT2D eigenvalue weighted by Crippen LogP contribution is -2.37. The van der Waals surface area contributed by atoms with Gasteiger partial charge in [-0.1, -0.05) is 66.2 Å². The molecule has 0 saturated carbocycles. The number of aromatic hydroxyl groups is 2. The topological polar surface area (TPSA) is 139 Å². The van der Waals surface area contributed by atoms with Crippen LogP contribution in [0.25, 0.3) is 21.8 Å². The Balaban J connectivity index is 1.44. The summed E-state index contributed by atoms with van der Waals surface area (Å²) in [4.78, 5) is 36.6. The standard InChI is InChI=1S/C33H25N3O7S/c1-21-10-16-24(17-11-21)44(41,42)36(23-14-12-22(13-15-23)20-31(39)43-35-29(37)18-19-30(35)38)33(40)32-25-6-2-4-8-27(25)34-28-9-5-3-7-26(28)32/h2-19,37-38H,20H2,1H3. The Kier molecular flexibility index (Phi) is 7.23. The minimum atomic E-state index is -4.42. The van der Waals surface area contributed by atoms with Gasteiger partial charge in [0.1, 0.15) is 0 Å². The van der Waals surface area contributed by atoms with Gasteiger partial charge >= 0.3 is 5.97 Å². The number of rotatable bonds is 7. The van der Waals surface area contributed by atoms with Gasteiger partial charge in [-0.2, -0.15) is 4.31 Å². The van der Waals surface area contributed by atoms with E-state index in [-0.39, 0.29) is 22.6 Å². The van der Waals surface area contributed by atoms with E-state index in [0.717, 1.165) is 22.0 Å². The van der Waals surface area contributed by atoms with E-state index in [1.54, 1.807) is 60.7 Å². The van der Waals surface area contributed by atoms with Gasteiger partial charge in [-0.25, -0.2) is 18.2 Å². The van der Waals surface area contributed by atoms with Gasteiger partial charge in [0.25, 0.3) is 15.9 Å². The fraction of sp³-hybridized carbons (Fsp3) is 0.0606. The highest BCUT2D eigenvalue weighted by atomic mass is 32.2. The van der Waals surface area contributed by atoms with Crippen LogP contribution in [-0.2, 0) is 21.2 Å². The van der Waals surface area contributed by atoms with Crippen molar-refractivity contribution in [1.29, 1.82) is 0 Å². The molecule has 2 N–H and O–H groups in total. The van der Waals surface area contributed by atoms with Gasteiger partial charge in [0, 0.05) is 22.9 Å². The van der Waals surface area contributed by atoms with E-state index in [1.807, 2.05) is 6.92 Å². The molecular weight excluding hydrogens is 582 g/mol. The quantitative estimate of drug-likeness (QED) is 0.238. The maximum Gasteiger partial charge on any atom is 0.337 e. The third-order valence-corrected chi connectivity index (χ3v) is 8.78. The van der Waals surface area contributed by atoms with Crippen LogP contribution < -0.4 is 9.14 Å². The number of hydrogen-bond donors (Lipinski definition) is 2. The number of carbonyl (C=O) groups is 2.